The molecule has 2 rings (SSSR count). The highest BCUT2D eigenvalue weighted by Crippen LogP contribution is 2.27. The molecule has 0 bridgehead atoms. The first-order chi connectivity index (χ1) is 9.16. The van der Waals surface area contributed by atoms with E-state index in [0.29, 0.717) is 12.3 Å². The largest absolute Gasteiger partial charge is 0.321 e. The molecule has 0 aromatic heterocycles. The Hall–Kier alpha value is -1.45. The fourth-order valence-corrected chi connectivity index (χ4v) is 2.63. The van der Waals surface area contributed by atoms with Crippen molar-refractivity contribution >= 4 is 11.6 Å². The van der Waals surface area contributed by atoms with Gasteiger partial charge in [-0.3, -0.25) is 4.79 Å². The molecule has 104 valence electrons. The topological polar surface area (TPSA) is 29.1 Å². The SMILES string of the molecule is O=C(CCC1CCCCC1)Nc1c(F)cccc1F. The normalized spacial score (nSPS) is 16.3. The fourth-order valence-electron chi connectivity index (χ4n) is 2.63. The van der Waals surface area contributed by atoms with Crippen LogP contribution in [0.5, 0.6) is 0 Å². The molecule has 1 amide bonds. The monoisotopic (exact) mass is 267 g/mol. The second kappa shape index (κ2) is 6.64. The molecule has 1 saturated carbocycles. The second-order valence-electron chi connectivity index (χ2n) is 5.19. The van der Waals surface area contributed by atoms with Crippen LogP contribution in [0.25, 0.3) is 0 Å². The van der Waals surface area contributed by atoms with E-state index in [1.54, 1.807) is 0 Å². The van der Waals surface area contributed by atoms with Gasteiger partial charge >= 0.3 is 0 Å². The number of para-hydroxylation sites is 1. The maximum atomic E-state index is 13.4. The minimum Gasteiger partial charge on any atom is -0.321 e. The molecule has 0 atom stereocenters. The van der Waals surface area contributed by atoms with Crippen LogP contribution in [-0.4, -0.2) is 5.91 Å². The molecule has 1 N–H and O–H groups in total. The van der Waals surface area contributed by atoms with Gasteiger partial charge in [0.05, 0.1) is 0 Å². The van der Waals surface area contributed by atoms with Crippen LogP contribution >= 0.6 is 0 Å². The molecule has 0 spiro atoms. The molecule has 2 nitrogen and oxygen atoms in total. The molecule has 1 aliphatic carbocycles. The van der Waals surface area contributed by atoms with E-state index in [9.17, 15) is 13.6 Å². The van der Waals surface area contributed by atoms with Crippen LogP contribution in [0.15, 0.2) is 18.2 Å². The number of hydrogen-bond acceptors (Lipinski definition) is 1. The summed E-state index contributed by atoms with van der Waals surface area (Å²) in [5, 5.41) is 2.33. The molecule has 4 heteroatoms. The zero-order valence-corrected chi connectivity index (χ0v) is 10.9. The smallest absolute Gasteiger partial charge is 0.224 e. The highest BCUT2D eigenvalue weighted by Gasteiger charge is 2.16. The lowest BCUT2D eigenvalue weighted by atomic mass is 9.86. The number of nitrogens with one attached hydrogen (secondary N) is 1. The van der Waals surface area contributed by atoms with Gasteiger partial charge in [0.25, 0.3) is 0 Å². The average molecular weight is 267 g/mol. The molecule has 1 aromatic carbocycles. The minimum atomic E-state index is -0.731. The summed E-state index contributed by atoms with van der Waals surface area (Å²) in [5.41, 5.74) is -0.337. The summed E-state index contributed by atoms with van der Waals surface area (Å²) in [6.07, 6.45) is 7.22. The third-order valence-electron chi connectivity index (χ3n) is 3.73. The van der Waals surface area contributed by atoms with Crippen molar-refractivity contribution in [3.8, 4) is 0 Å². The van der Waals surface area contributed by atoms with E-state index in [4.69, 9.17) is 0 Å². The van der Waals surface area contributed by atoms with Crippen LogP contribution in [0.4, 0.5) is 14.5 Å². The van der Waals surface area contributed by atoms with E-state index in [-0.39, 0.29) is 11.6 Å². The number of halogens is 2. The highest BCUT2D eigenvalue weighted by atomic mass is 19.1. The Morgan fingerprint density at radius 3 is 2.42 bits per heavy atom. The van der Waals surface area contributed by atoms with Crippen molar-refractivity contribution in [1.29, 1.82) is 0 Å². The molecule has 0 saturated heterocycles. The van der Waals surface area contributed by atoms with Crippen molar-refractivity contribution in [1.82, 2.24) is 0 Å². The summed E-state index contributed by atoms with van der Waals surface area (Å²) in [7, 11) is 0. The summed E-state index contributed by atoms with van der Waals surface area (Å²) in [4.78, 5) is 11.7. The van der Waals surface area contributed by atoms with Gasteiger partial charge in [-0.1, -0.05) is 38.2 Å². The molecule has 1 fully saturated rings. The predicted molar refractivity (Wildman–Crippen MR) is 70.8 cm³/mol. The second-order valence-corrected chi connectivity index (χ2v) is 5.19. The van der Waals surface area contributed by atoms with Crippen molar-refractivity contribution in [2.75, 3.05) is 5.32 Å². The molecule has 0 unspecified atom stereocenters. The summed E-state index contributed by atoms with van der Waals surface area (Å²) >= 11 is 0. The van der Waals surface area contributed by atoms with Gasteiger partial charge in [0.15, 0.2) is 0 Å². The number of carbonyl (C=O) groups is 1. The van der Waals surface area contributed by atoms with Crippen LogP contribution in [0.2, 0.25) is 0 Å². The van der Waals surface area contributed by atoms with Gasteiger partial charge in [0.1, 0.15) is 17.3 Å². The first-order valence-corrected chi connectivity index (χ1v) is 6.90. The lowest BCUT2D eigenvalue weighted by Gasteiger charge is -2.21. The number of rotatable bonds is 4. The molecular formula is C15H19F2NO. The first kappa shape index (κ1) is 14.0. The zero-order valence-electron chi connectivity index (χ0n) is 10.9. The van der Waals surface area contributed by atoms with Crippen LogP contribution in [-0.2, 0) is 4.79 Å². The van der Waals surface area contributed by atoms with Crippen molar-refractivity contribution in [2.24, 2.45) is 5.92 Å². The van der Waals surface area contributed by atoms with Gasteiger partial charge in [0, 0.05) is 6.42 Å². The van der Waals surface area contributed by atoms with Gasteiger partial charge in [-0.05, 0) is 24.5 Å². The van der Waals surface area contributed by atoms with Crippen molar-refractivity contribution < 1.29 is 13.6 Å². The van der Waals surface area contributed by atoms with Crippen LogP contribution in [0.3, 0.4) is 0 Å². The number of carbonyl (C=O) groups excluding carboxylic acids is 1. The summed E-state index contributed by atoms with van der Waals surface area (Å²) < 4.78 is 26.7. The summed E-state index contributed by atoms with van der Waals surface area (Å²) in [6.45, 7) is 0. The van der Waals surface area contributed by atoms with Crippen LogP contribution < -0.4 is 5.32 Å². The Labute approximate surface area is 112 Å². The predicted octanol–water partition coefficient (Wildman–Crippen LogP) is 4.26. The maximum Gasteiger partial charge on any atom is 0.224 e. The Bertz CT molecular complexity index is 422. The van der Waals surface area contributed by atoms with E-state index in [1.807, 2.05) is 0 Å². The molecule has 0 aliphatic heterocycles. The zero-order chi connectivity index (χ0) is 13.7. The van der Waals surface area contributed by atoms with Gasteiger partial charge in [-0.2, -0.15) is 0 Å². The molecule has 0 radical (unpaired) electrons. The maximum absolute atomic E-state index is 13.4. The fraction of sp³-hybridized carbons (Fsp3) is 0.533. The number of anilines is 1. The summed E-state index contributed by atoms with van der Waals surface area (Å²) in [5.74, 6) is -1.18. The van der Waals surface area contributed by atoms with Gasteiger partial charge in [0.2, 0.25) is 5.91 Å². The molecular weight excluding hydrogens is 248 g/mol. The van der Waals surface area contributed by atoms with Gasteiger partial charge in [-0.15, -0.1) is 0 Å². The standard InChI is InChI=1S/C15H19F2NO/c16-12-7-4-8-13(17)15(12)18-14(19)10-9-11-5-2-1-3-6-11/h4,7-8,11H,1-3,5-6,9-10H2,(H,18,19). The lowest BCUT2D eigenvalue weighted by Crippen LogP contribution is -2.16. The Kier molecular flexibility index (Phi) is 4.88. The third kappa shape index (κ3) is 4.01. The van der Waals surface area contributed by atoms with Crippen LogP contribution in [0.1, 0.15) is 44.9 Å². The van der Waals surface area contributed by atoms with Gasteiger partial charge < -0.3 is 5.32 Å². The molecule has 1 aromatic rings. The number of benzene rings is 1. The average Bonchev–Trinajstić information content (AvgIpc) is 2.42. The van der Waals surface area contributed by atoms with E-state index >= 15 is 0 Å². The molecule has 19 heavy (non-hydrogen) atoms. The molecule has 1 aliphatic rings. The number of hydrogen-bond donors (Lipinski definition) is 1. The number of amides is 1. The first-order valence-electron chi connectivity index (χ1n) is 6.90. The third-order valence-corrected chi connectivity index (χ3v) is 3.73. The van der Waals surface area contributed by atoms with Gasteiger partial charge in [-0.25, -0.2) is 8.78 Å². The Morgan fingerprint density at radius 1 is 1.16 bits per heavy atom. The van der Waals surface area contributed by atoms with Crippen molar-refractivity contribution in [2.45, 2.75) is 44.9 Å². The summed E-state index contributed by atoms with van der Waals surface area (Å²) in [6, 6.07) is 3.56. The quantitative estimate of drug-likeness (QED) is 0.867. The Morgan fingerprint density at radius 2 is 1.79 bits per heavy atom. The van der Waals surface area contributed by atoms with E-state index in [0.717, 1.165) is 18.6 Å². The molecule has 0 heterocycles. The van der Waals surface area contributed by atoms with E-state index in [2.05, 4.69) is 5.32 Å². The van der Waals surface area contributed by atoms with Crippen molar-refractivity contribution in [3.05, 3.63) is 29.8 Å². The lowest BCUT2D eigenvalue weighted by molar-refractivity contribution is -0.116. The van der Waals surface area contributed by atoms with Crippen LogP contribution in [0, 0.1) is 17.6 Å². The minimum absolute atomic E-state index is 0.311. The van der Waals surface area contributed by atoms with Crippen molar-refractivity contribution in [3.63, 3.8) is 0 Å². The Balaban J connectivity index is 1.83. The highest BCUT2D eigenvalue weighted by molar-refractivity contribution is 5.90. The van der Waals surface area contributed by atoms with E-state index in [1.165, 1.54) is 38.2 Å². The van der Waals surface area contributed by atoms with E-state index < -0.39 is 11.6 Å².